The first-order valence-corrected chi connectivity index (χ1v) is 11.3. The maximum Gasteiger partial charge on any atom is 0.278 e. The Morgan fingerprint density at radius 3 is 2.20 bits per heavy atom. The zero-order valence-electron chi connectivity index (χ0n) is 18.2. The summed E-state index contributed by atoms with van der Waals surface area (Å²) in [4.78, 5) is 30.8. The third kappa shape index (κ3) is 3.97. The fourth-order valence-electron chi connectivity index (χ4n) is 5.00. The highest BCUT2D eigenvalue weighted by atomic mass is 16.5. The molecule has 6 nitrogen and oxygen atoms in total. The molecule has 30 heavy (non-hydrogen) atoms. The Labute approximate surface area is 178 Å². The van der Waals surface area contributed by atoms with Gasteiger partial charge in [0.05, 0.1) is 24.4 Å². The van der Waals surface area contributed by atoms with E-state index in [0.29, 0.717) is 31.0 Å². The highest BCUT2D eigenvalue weighted by Gasteiger charge is 2.45. The van der Waals surface area contributed by atoms with Crippen LogP contribution in [-0.4, -0.2) is 59.6 Å². The number of morpholine rings is 1. The van der Waals surface area contributed by atoms with Crippen molar-refractivity contribution < 1.29 is 19.1 Å². The second-order valence-electron chi connectivity index (χ2n) is 8.62. The van der Waals surface area contributed by atoms with Crippen molar-refractivity contribution in [1.82, 2.24) is 9.80 Å². The van der Waals surface area contributed by atoms with E-state index in [-0.39, 0.29) is 30.1 Å². The molecule has 0 radical (unpaired) electrons. The molecule has 0 bridgehead atoms. The van der Waals surface area contributed by atoms with Gasteiger partial charge in [0.1, 0.15) is 11.4 Å². The molecule has 2 unspecified atom stereocenters. The van der Waals surface area contributed by atoms with Gasteiger partial charge in [-0.1, -0.05) is 31.4 Å². The minimum absolute atomic E-state index is 0.00448. The van der Waals surface area contributed by atoms with E-state index in [1.54, 1.807) is 4.90 Å². The van der Waals surface area contributed by atoms with Crippen LogP contribution in [0.2, 0.25) is 0 Å². The highest BCUT2D eigenvalue weighted by molar-refractivity contribution is 6.35. The van der Waals surface area contributed by atoms with Crippen molar-refractivity contribution >= 4 is 17.4 Å². The summed E-state index contributed by atoms with van der Waals surface area (Å²) in [5.74, 6) is 0.466. The van der Waals surface area contributed by atoms with Crippen LogP contribution in [0.5, 0.6) is 5.75 Å². The van der Waals surface area contributed by atoms with E-state index in [9.17, 15) is 9.59 Å². The molecule has 0 aromatic heterocycles. The number of carbonyl (C=O) groups excluding carboxylic acids is 2. The first kappa shape index (κ1) is 20.9. The van der Waals surface area contributed by atoms with Gasteiger partial charge in [0.25, 0.3) is 11.8 Å². The Hall–Kier alpha value is -2.34. The van der Waals surface area contributed by atoms with Crippen molar-refractivity contribution in [3.05, 3.63) is 35.5 Å². The number of hydrogen-bond acceptors (Lipinski definition) is 5. The molecule has 1 saturated heterocycles. The lowest BCUT2D eigenvalue weighted by Gasteiger charge is -2.37. The zero-order chi connectivity index (χ0) is 21.3. The molecule has 6 heteroatoms. The van der Waals surface area contributed by atoms with Gasteiger partial charge in [0, 0.05) is 19.1 Å². The topological polar surface area (TPSA) is 59.1 Å². The van der Waals surface area contributed by atoms with E-state index in [1.165, 1.54) is 6.42 Å². The molecule has 2 atom stereocenters. The lowest BCUT2D eigenvalue weighted by molar-refractivity contribution is -0.141. The van der Waals surface area contributed by atoms with Crippen LogP contribution >= 0.6 is 0 Å². The van der Waals surface area contributed by atoms with Crippen molar-refractivity contribution in [3.8, 4) is 5.75 Å². The summed E-state index contributed by atoms with van der Waals surface area (Å²) in [5.41, 5.74) is 1.84. The molecule has 1 aromatic carbocycles. The van der Waals surface area contributed by atoms with E-state index in [1.807, 2.05) is 45.0 Å². The van der Waals surface area contributed by atoms with Crippen LogP contribution in [0.25, 0.3) is 5.57 Å². The van der Waals surface area contributed by atoms with Crippen LogP contribution in [0.1, 0.15) is 58.4 Å². The third-order valence-electron chi connectivity index (χ3n) is 6.22. The van der Waals surface area contributed by atoms with E-state index < -0.39 is 0 Å². The van der Waals surface area contributed by atoms with E-state index in [2.05, 4.69) is 4.90 Å². The fourth-order valence-corrected chi connectivity index (χ4v) is 5.00. The molecule has 2 fully saturated rings. The summed E-state index contributed by atoms with van der Waals surface area (Å²) in [6, 6.07) is 7.53. The lowest BCUT2D eigenvalue weighted by atomic mass is 9.94. The molecular formula is C24H32N2O4. The first-order chi connectivity index (χ1) is 14.5. The zero-order valence-corrected chi connectivity index (χ0v) is 18.2. The number of benzene rings is 1. The van der Waals surface area contributed by atoms with Gasteiger partial charge >= 0.3 is 0 Å². The molecule has 4 rings (SSSR count). The van der Waals surface area contributed by atoms with Gasteiger partial charge in [0.2, 0.25) is 0 Å². The van der Waals surface area contributed by atoms with Crippen molar-refractivity contribution in [1.29, 1.82) is 0 Å². The average Bonchev–Trinajstić information content (AvgIpc) is 2.99. The standard InChI is InChI=1S/C24H32N2O4/c1-4-29-20-12-10-18(11-13-20)21-22(25-14-16(2)30-17(3)15-25)24(28)26(23(21)27)19-8-6-5-7-9-19/h10-13,16-17,19H,4-9,14-15H2,1-3H3. The normalized spacial score (nSPS) is 26.0. The monoisotopic (exact) mass is 412 g/mol. The quantitative estimate of drug-likeness (QED) is 0.692. The predicted molar refractivity (Wildman–Crippen MR) is 115 cm³/mol. The van der Waals surface area contributed by atoms with Crippen LogP contribution in [-0.2, 0) is 14.3 Å². The molecule has 0 N–H and O–H groups in total. The van der Waals surface area contributed by atoms with Gasteiger partial charge in [-0.2, -0.15) is 0 Å². The van der Waals surface area contributed by atoms with Crippen molar-refractivity contribution in [2.45, 2.75) is 71.1 Å². The molecule has 1 aliphatic carbocycles. The molecule has 3 aliphatic rings. The molecular weight excluding hydrogens is 380 g/mol. The number of hydrogen-bond donors (Lipinski definition) is 0. The number of imide groups is 1. The fraction of sp³-hybridized carbons (Fsp3) is 0.583. The molecule has 2 aliphatic heterocycles. The van der Waals surface area contributed by atoms with Crippen molar-refractivity contribution in [3.63, 3.8) is 0 Å². The Morgan fingerprint density at radius 1 is 0.967 bits per heavy atom. The van der Waals surface area contributed by atoms with Gasteiger partial charge in [0.15, 0.2) is 0 Å². The Kier molecular flexibility index (Phi) is 6.14. The summed E-state index contributed by atoms with van der Waals surface area (Å²) in [6.07, 6.45) is 5.14. The second-order valence-corrected chi connectivity index (χ2v) is 8.62. The minimum atomic E-state index is -0.155. The van der Waals surface area contributed by atoms with Crippen molar-refractivity contribution in [2.75, 3.05) is 19.7 Å². The molecule has 1 saturated carbocycles. The predicted octanol–water partition coefficient (Wildman–Crippen LogP) is 3.61. The smallest absolute Gasteiger partial charge is 0.278 e. The SMILES string of the molecule is CCOc1ccc(C2=C(N3CC(C)OC(C)C3)C(=O)N(C3CCCCC3)C2=O)cc1. The van der Waals surface area contributed by atoms with Gasteiger partial charge in [-0.05, 0) is 51.3 Å². The molecule has 2 amide bonds. The largest absolute Gasteiger partial charge is 0.494 e. The van der Waals surface area contributed by atoms with Crippen LogP contribution in [0.15, 0.2) is 30.0 Å². The van der Waals surface area contributed by atoms with Gasteiger partial charge in [-0.3, -0.25) is 14.5 Å². The Balaban J connectivity index is 1.73. The Morgan fingerprint density at radius 2 is 1.60 bits per heavy atom. The summed E-state index contributed by atoms with van der Waals surface area (Å²) < 4.78 is 11.4. The molecule has 0 spiro atoms. The second kappa shape index (κ2) is 8.80. The minimum Gasteiger partial charge on any atom is -0.494 e. The summed E-state index contributed by atoms with van der Waals surface area (Å²) in [5, 5.41) is 0. The van der Waals surface area contributed by atoms with E-state index in [4.69, 9.17) is 9.47 Å². The van der Waals surface area contributed by atoms with E-state index >= 15 is 0 Å². The molecule has 1 aromatic rings. The summed E-state index contributed by atoms with van der Waals surface area (Å²) >= 11 is 0. The lowest BCUT2D eigenvalue weighted by Crippen LogP contribution is -2.48. The van der Waals surface area contributed by atoms with Gasteiger partial charge in [-0.25, -0.2) is 0 Å². The van der Waals surface area contributed by atoms with Crippen LogP contribution in [0, 0.1) is 0 Å². The molecule has 162 valence electrons. The van der Waals surface area contributed by atoms with Crippen LogP contribution in [0.3, 0.4) is 0 Å². The first-order valence-electron chi connectivity index (χ1n) is 11.3. The average molecular weight is 413 g/mol. The maximum atomic E-state index is 13.6. The number of amides is 2. The van der Waals surface area contributed by atoms with Crippen molar-refractivity contribution in [2.24, 2.45) is 0 Å². The third-order valence-corrected chi connectivity index (χ3v) is 6.22. The number of rotatable bonds is 5. The highest BCUT2D eigenvalue weighted by Crippen LogP contribution is 2.37. The van der Waals surface area contributed by atoms with Crippen LogP contribution < -0.4 is 4.74 Å². The summed E-state index contributed by atoms with van der Waals surface area (Å²) in [6.45, 7) is 7.77. The number of nitrogens with zero attached hydrogens (tertiary/aromatic N) is 2. The van der Waals surface area contributed by atoms with Gasteiger partial charge < -0.3 is 14.4 Å². The summed E-state index contributed by atoms with van der Waals surface area (Å²) in [7, 11) is 0. The van der Waals surface area contributed by atoms with Gasteiger partial charge in [-0.15, -0.1) is 0 Å². The maximum absolute atomic E-state index is 13.6. The number of carbonyl (C=O) groups is 2. The van der Waals surface area contributed by atoms with E-state index in [0.717, 1.165) is 37.0 Å². The Bertz CT molecular complexity index is 816. The number of ether oxygens (including phenoxy) is 2. The van der Waals surface area contributed by atoms with Crippen LogP contribution in [0.4, 0.5) is 0 Å². The molecule has 2 heterocycles.